The van der Waals surface area contributed by atoms with Gasteiger partial charge in [0, 0.05) is 6.20 Å². The maximum atomic E-state index is 12.7. The van der Waals surface area contributed by atoms with Crippen LogP contribution in [0.1, 0.15) is 5.56 Å². The molecule has 0 bridgehead atoms. The van der Waals surface area contributed by atoms with Crippen molar-refractivity contribution in [3.05, 3.63) is 42.2 Å². The zero-order valence-electron chi connectivity index (χ0n) is 10.8. The van der Waals surface area contributed by atoms with E-state index in [4.69, 9.17) is 4.74 Å². The summed E-state index contributed by atoms with van der Waals surface area (Å²) in [5, 5.41) is 0.601. The average Bonchev–Trinajstić information content (AvgIpc) is 2.89. The van der Waals surface area contributed by atoms with Crippen molar-refractivity contribution >= 4 is 21.6 Å². The standard InChI is InChI=1S/C14H9F3N2OS/c1-20-11-7-18-5-4-9(11)13-19-10-6-8(14(15,16)17)2-3-12(10)21-13/h2-7H,1H3. The minimum absolute atomic E-state index is 0.323. The molecular weight excluding hydrogens is 301 g/mol. The monoisotopic (exact) mass is 310 g/mol. The van der Waals surface area contributed by atoms with E-state index in [1.54, 1.807) is 18.5 Å². The molecule has 3 nitrogen and oxygen atoms in total. The Morgan fingerprint density at radius 1 is 1.19 bits per heavy atom. The first-order chi connectivity index (χ1) is 9.99. The molecule has 0 spiro atoms. The van der Waals surface area contributed by atoms with E-state index in [9.17, 15) is 13.2 Å². The number of ether oxygens (including phenoxy) is 1. The molecule has 0 fully saturated rings. The Hall–Kier alpha value is -2.15. The Balaban J connectivity index is 2.13. The van der Waals surface area contributed by atoms with Gasteiger partial charge in [0.25, 0.3) is 0 Å². The summed E-state index contributed by atoms with van der Waals surface area (Å²) in [6.45, 7) is 0. The largest absolute Gasteiger partial charge is 0.494 e. The SMILES string of the molecule is COc1cnccc1-c1nc2cc(C(F)(F)F)ccc2s1. The van der Waals surface area contributed by atoms with Gasteiger partial charge in [0.2, 0.25) is 0 Å². The third-order valence-electron chi connectivity index (χ3n) is 2.95. The van der Waals surface area contributed by atoms with E-state index in [0.29, 0.717) is 26.5 Å². The lowest BCUT2D eigenvalue weighted by atomic mass is 10.2. The molecule has 0 aliphatic heterocycles. The van der Waals surface area contributed by atoms with Crippen LogP contribution < -0.4 is 4.74 Å². The zero-order chi connectivity index (χ0) is 15.0. The van der Waals surface area contributed by atoms with Crippen LogP contribution in [0.15, 0.2) is 36.7 Å². The molecule has 0 radical (unpaired) electrons. The number of hydrogen-bond acceptors (Lipinski definition) is 4. The van der Waals surface area contributed by atoms with Crippen molar-refractivity contribution in [1.29, 1.82) is 0 Å². The smallest absolute Gasteiger partial charge is 0.416 e. The molecule has 3 aromatic rings. The van der Waals surface area contributed by atoms with Gasteiger partial charge in [-0.2, -0.15) is 13.2 Å². The van der Waals surface area contributed by atoms with Crippen LogP contribution in [0.3, 0.4) is 0 Å². The molecule has 0 N–H and O–H groups in total. The molecule has 1 aromatic carbocycles. The molecular formula is C14H9F3N2OS. The Kier molecular flexibility index (Phi) is 3.29. The van der Waals surface area contributed by atoms with Crippen molar-refractivity contribution in [1.82, 2.24) is 9.97 Å². The van der Waals surface area contributed by atoms with E-state index in [-0.39, 0.29) is 0 Å². The number of benzene rings is 1. The van der Waals surface area contributed by atoms with Gasteiger partial charge in [0.05, 0.1) is 34.7 Å². The van der Waals surface area contributed by atoms with Crippen LogP contribution in [-0.2, 0) is 6.18 Å². The molecule has 2 heterocycles. The van der Waals surface area contributed by atoms with Crippen molar-refractivity contribution < 1.29 is 17.9 Å². The van der Waals surface area contributed by atoms with E-state index in [2.05, 4.69) is 9.97 Å². The topological polar surface area (TPSA) is 35.0 Å². The molecule has 0 unspecified atom stereocenters. The van der Waals surface area contributed by atoms with Gasteiger partial charge < -0.3 is 4.74 Å². The summed E-state index contributed by atoms with van der Waals surface area (Å²) in [6.07, 6.45) is -1.24. The van der Waals surface area contributed by atoms with Crippen molar-refractivity contribution in [3.63, 3.8) is 0 Å². The number of hydrogen-bond donors (Lipinski definition) is 0. The van der Waals surface area contributed by atoms with Gasteiger partial charge in [0.1, 0.15) is 10.8 Å². The average molecular weight is 310 g/mol. The molecule has 0 aliphatic rings. The predicted octanol–water partition coefficient (Wildman–Crippen LogP) is 4.39. The fourth-order valence-corrected chi connectivity index (χ4v) is 2.91. The number of alkyl halides is 3. The summed E-state index contributed by atoms with van der Waals surface area (Å²) < 4.78 is 44.0. The van der Waals surface area contributed by atoms with Gasteiger partial charge in [-0.1, -0.05) is 0 Å². The summed E-state index contributed by atoms with van der Waals surface area (Å²) in [5.74, 6) is 0.535. The van der Waals surface area contributed by atoms with Gasteiger partial charge in [-0.15, -0.1) is 11.3 Å². The number of methoxy groups -OCH3 is 1. The second kappa shape index (κ2) is 5.00. The van der Waals surface area contributed by atoms with Crippen molar-refractivity contribution in [2.75, 3.05) is 7.11 Å². The molecule has 2 aromatic heterocycles. The van der Waals surface area contributed by atoms with Gasteiger partial charge >= 0.3 is 6.18 Å². The second-order valence-corrected chi connectivity index (χ2v) is 5.31. The first-order valence-corrected chi connectivity index (χ1v) is 6.77. The van der Waals surface area contributed by atoms with Crippen LogP contribution in [0.5, 0.6) is 5.75 Å². The van der Waals surface area contributed by atoms with Crippen LogP contribution in [-0.4, -0.2) is 17.1 Å². The molecule has 7 heteroatoms. The summed E-state index contributed by atoms with van der Waals surface area (Å²) in [5.41, 5.74) is 0.333. The van der Waals surface area contributed by atoms with Crippen molar-refractivity contribution in [2.24, 2.45) is 0 Å². The highest BCUT2D eigenvalue weighted by atomic mass is 32.1. The number of nitrogens with zero attached hydrogens (tertiary/aromatic N) is 2. The fourth-order valence-electron chi connectivity index (χ4n) is 1.94. The highest BCUT2D eigenvalue weighted by Gasteiger charge is 2.30. The first-order valence-electron chi connectivity index (χ1n) is 5.95. The van der Waals surface area contributed by atoms with Gasteiger partial charge in [-0.3, -0.25) is 4.98 Å². The van der Waals surface area contributed by atoms with E-state index < -0.39 is 11.7 Å². The summed E-state index contributed by atoms with van der Waals surface area (Å²) in [6, 6.07) is 5.28. The van der Waals surface area contributed by atoms with Gasteiger partial charge in [-0.25, -0.2) is 4.98 Å². The Labute approximate surface area is 122 Å². The number of rotatable bonds is 2. The molecule has 3 rings (SSSR count). The molecule has 0 amide bonds. The molecule has 0 aliphatic carbocycles. The van der Waals surface area contributed by atoms with E-state index in [1.165, 1.54) is 24.5 Å². The van der Waals surface area contributed by atoms with Crippen LogP contribution in [0.2, 0.25) is 0 Å². The van der Waals surface area contributed by atoms with E-state index >= 15 is 0 Å². The minimum Gasteiger partial charge on any atom is -0.494 e. The van der Waals surface area contributed by atoms with Gasteiger partial charge in [-0.05, 0) is 24.3 Å². The molecule has 21 heavy (non-hydrogen) atoms. The number of aromatic nitrogens is 2. The maximum Gasteiger partial charge on any atom is 0.416 e. The fraction of sp³-hybridized carbons (Fsp3) is 0.143. The Morgan fingerprint density at radius 3 is 2.71 bits per heavy atom. The quantitative estimate of drug-likeness (QED) is 0.704. The summed E-state index contributed by atoms with van der Waals surface area (Å²) >= 11 is 1.31. The predicted molar refractivity (Wildman–Crippen MR) is 74.4 cm³/mol. The van der Waals surface area contributed by atoms with Crippen LogP contribution >= 0.6 is 11.3 Å². The maximum absolute atomic E-state index is 12.7. The normalized spacial score (nSPS) is 11.8. The van der Waals surface area contributed by atoms with Crippen molar-refractivity contribution in [2.45, 2.75) is 6.18 Å². The highest BCUT2D eigenvalue weighted by molar-refractivity contribution is 7.21. The third-order valence-corrected chi connectivity index (χ3v) is 4.02. The first kappa shape index (κ1) is 13.8. The Morgan fingerprint density at radius 2 is 2.00 bits per heavy atom. The lowest BCUT2D eigenvalue weighted by Gasteiger charge is -2.05. The van der Waals surface area contributed by atoms with E-state index in [0.717, 1.165) is 12.1 Å². The number of thiazole rings is 1. The number of halogens is 3. The van der Waals surface area contributed by atoms with E-state index in [1.807, 2.05) is 0 Å². The molecule has 0 atom stereocenters. The number of fused-ring (bicyclic) bond motifs is 1. The Bertz CT molecular complexity index is 798. The summed E-state index contributed by atoms with van der Waals surface area (Å²) in [7, 11) is 1.51. The number of pyridine rings is 1. The second-order valence-electron chi connectivity index (χ2n) is 4.28. The highest BCUT2D eigenvalue weighted by Crippen LogP contribution is 2.37. The van der Waals surface area contributed by atoms with Crippen LogP contribution in [0.4, 0.5) is 13.2 Å². The van der Waals surface area contributed by atoms with Crippen molar-refractivity contribution in [3.8, 4) is 16.3 Å². The third kappa shape index (κ3) is 2.56. The van der Waals surface area contributed by atoms with Gasteiger partial charge in [0.15, 0.2) is 0 Å². The molecule has 0 saturated heterocycles. The van der Waals surface area contributed by atoms with Crippen LogP contribution in [0.25, 0.3) is 20.8 Å². The molecule has 0 saturated carbocycles. The summed E-state index contributed by atoms with van der Waals surface area (Å²) in [4.78, 5) is 8.22. The van der Waals surface area contributed by atoms with Crippen LogP contribution in [0, 0.1) is 0 Å². The minimum atomic E-state index is -4.37. The molecule has 108 valence electrons. The lowest BCUT2D eigenvalue weighted by Crippen LogP contribution is -2.03. The lowest BCUT2D eigenvalue weighted by molar-refractivity contribution is -0.137. The zero-order valence-corrected chi connectivity index (χ0v) is 11.6.